The van der Waals surface area contributed by atoms with Gasteiger partial charge in [0.25, 0.3) is 11.5 Å². The molecule has 0 saturated heterocycles. The van der Waals surface area contributed by atoms with Crippen molar-refractivity contribution in [1.29, 1.82) is 0 Å². The van der Waals surface area contributed by atoms with Gasteiger partial charge in [0.05, 0.1) is 6.61 Å². The van der Waals surface area contributed by atoms with E-state index >= 15 is 0 Å². The van der Waals surface area contributed by atoms with Crippen molar-refractivity contribution >= 4 is 5.91 Å². The molecule has 1 rings (SSSR count). The zero-order valence-electron chi connectivity index (χ0n) is 11.8. The Morgan fingerprint density at radius 3 is 2.95 bits per heavy atom. The van der Waals surface area contributed by atoms with Gasteiger partial charge in [0.1, 0.15) is 0 Å². The molecule has 1 atom stereocenters. The highest BCUT2D eigenvalue weighted by Crippen LogP contribution is 2.06. The quantitative estimate of drug-likeness (QED) is 0.628. The van der Waals surface area contributed by atoms with Crippen LogP contribution >= 0.6 is 0 Å². The number of carbonyl (C=O) groups excluding carboxylic acids is 1. The highest BCUT2D eigenvalue weighted by Gasteiger charge is 2.10. The van der Waals surface area contributed by atoms with Crippen molar-refractivity contribution in [3.8, 4) is 5.75 Å². The minimum Gasteiger partial charge on any atom is -0.478 e. The van der Waals surface area contributed by atoms with Crippen LogP contribution in [0, 0.1) is 0 Å². The van der Waals surface area contributed by atoms with Crippen molar-refractivity contribution in [2.24, 2.45) is 5.73 Å². The Morgan fingerprint density at radius 2 is 2.30 bits per heavy atom. The first kappa shape index (κ1) is 16.2. The summed E-state index contributed by atoms with van der Waals surface area (Å²) >= 11 is 0. The summed E-state index contributed by atoms with van der Waals surface area (Å²) in [5, 5.41) is 2.60. The molecule has 7 heteroatoms. The highest BCUT2D eigenvalue weighted by atomic mass is 16.5. The molecule has 0 aliphatic rings. The fourth-order valence-electron chi connectivity index (χ4n) is 1.55. The molecule has 0 bridgehead atoms. The van der Waals surface area contributed by atoms with Crippen molar-refractivity contribution in [3.63, 3.8) is 0 Å². The van der Waals surface area contributed by atoms with Crippen molar-refractivity contribution in [1.82, 2.24) is 9.88 Å². The number of pyridine rings is 1. The van der Waals surface area contributed by atoms with Gasteiger partial charge >= 0.3 is 0 Å². The fraction of sp³-hybridized carbons (Fsp3) is 0.538. The van der Waals surface area contributed by atoms with E-state index < -0.39 is 0 Å². The number of hydrogen-bond donors (Lipinski definition) is 2. The smallest absolute Gasteiger partial charge is 0.293 e. The van der Waals surface area contributed by atoms with Gasteiger partial charge in [-0.15, -0.1) is 0 Å². The molecule has 20 heavy (non-hydrogen) atoms. The maximum Gasteiger partial charge on any atom is 0.293 e. The molecule has 1 aromatic heterocycles. The third-order valence-corrected chi connectivity index (χ3v) is 2.74. The van der Waals surface area contributed by atoms with Crippen molar-refractivity contribution in [2.45, 2.75) is 13.0 Å². The number of aromatic nitrogens is 1. The second-order valence-corrected chi connectivity index (χ2v) is 4.30. The third-order valence-electron chi connectivity index (χ3n) is 2.74. The summed E-state index contributed by atoms with van der Waals surface area (Å²) < 4.78 is 11.5. The number of nitrogens with one attached hydrogen (secondary N) is 1. The van der Waals surface area contributed by atoms with Crippen molar-refractivity contribution in [2.75, 3.05) is 33.4 Å². The van der Waals surface area contributed by atoms with E-state index in [0.29, 0.717) is 19.7 Å². The fourth-order valence-corrected chi connectivity index (χ4v) is 1.55. The van der Waals surface area contributed by atoms with E-state index in [1.54, 1.807) is 19.4 Å². The summed E-state index contributed by atoms with van der Waals surface area (Å²) in [6, 6.07) is 3.09. The Bertz CT molecular complexity index is 487. The van der Waals surface area contributed by atoms with E-state index in [1.165, 1.54) is 10.6 Å². The summed E-state index contributed by atoms with van der Waals surface area (Å²) in [5.74, 6) is -0.168. The van der Waals surface area contributed by atoms with Crippen LogP contribution in [0.4, 0.5) is 0 Å². The van der Waals surface area contributed by atoms with Gasteiger partial charge in [0.2, 0.25) is 0 Å². The Balaban J connectivity index is 2.60. The first-order valence-corrected chi connectivity index (χ1v) is 6.39. The molecule has 0 radical (unpaired) electrons. The molecule has 0 saturated carbocycles. The molecule has 1 amide bonds. The number of rotatable bonds is 8. The summed E-state index contributed by atoms with van der Waals surface area (Å²) in [6.45, 7) is 2.81. The number of nitrogens with zero attached hydrogens (tertiary/aromatic N) is 1. The van der Waals surface area contributed by atoms with Crippen LogP contribution in [0.2, 0.25) is 0 Å². The van der Waals surface area contributed by atoms with Crippen LogP contribution in [0.15, 0.2) is 23.1 Å². The molecule has 7 nitrogen and oxygen atoms in total. The molecule has 1 unspecified atom stereocenters. The lowest BCUT2D eigenvalue weighted by Gasteiger charge is -2.14. The van der Waals surface area contributed by atoms with E-state index in [-0.39, 0.29) is 29.9 Å². The van der Waals surface area contributed by atoms with E-state index in [4.69, 9.17) is 15.2 Å². The third kappa shape index (κ3) is 4.67. The maximum absolute atomic E-state index is 12.1. The zero-order chi connectivity index (χ0) is 15.0. The number of nitrogens with two attached hydrogens (primary N) is 1. The van der Waals surface area contributed by atoms with Gasteiger partial charge in [-0.25, -0.2) is 0 Å². The summed E-state index contributed by atoms with van der Waals surface area (Å²) in [7, 11) is 1.55. The van der Waals surface area contributed by atoms with Crippen LogP contribution in [0.3, 0.4) is 0 Å². The Hall–Kier alpha value is -1.86. The lowest BCUT2D eigenvalue weighted by atomic mass is 10.3. The van der Waals surface area contributed by atoms with Crippen LogP contribution in [-0.2, 0) is 9.53 Å². The normalized spacial score (nSPS) is 11.9. The summed E-state index contributed by atoms with van der Waals surface area (Å²) in [4.78, 5) is 23.5. The largest absolute Gasteiger partial charge is 0.478 e. The van der Waals surface area contributed by atoms with Gasteiger partial charge in [0, 0.05) is 32.4 Å². The topological polar surface area (TPSA) is 95.6 Å². The van der Waals surface area contributed by atoms with Crippen LogP contribution < -0.4 is 21.3 Å². The second kappa shape index (κ2) is 8.34. The SMILES string of the molecule is COCCNC(=O)COc1cccn(C(C)CN)c1=O. The standard InChI is InChI=1S/C13H21N3O4/c1-10(8-14)16-6-3-4-11(13(16)18)20-9-12(17)15-5-7-19-2/h3-4,6,10H,5,7-9,14H2,1-2H3,(H,15,17). The lowest BCUT2D eigenvalue weighted by Crippen LogP contribution is -2.33. The average molecular weight is 283 g/mol. The van der Waals surface area contributed by atoms with E-state index in [0.717, 1.165) is 0 Å². The van der Waals surface area contributed by atoms with Gasteiger partial charge in [-0.05, 0) is 19.1 Å². The van der Waals surface area contributed by atoms with Crippen LogP contribution in [0.1, 0.15) is 13.0 Å². The van der Waals surface area contributed by atoms with Crippen molar-refractivity contribution in [3.05, 3.63) is 28.7 Å². The minimum atomic E-state index is -0.302. The molecule has 0 fully saturated rings. The van der Waals surface area contributed by atoms with E-state index in [1.807, 2.05) is 6.92 Å². The Labute approximate surface area is 117 Å². The molecule has 1 heterocycles. The number of methoxy groups -OCH3 is 1. The van der Waals surface area contributed by atoms with E-state index in [9.17, 15) is 9.59 Å². The number of carbonyl (C=O) groups is 1. The average Bonchev–Trinajstić information content (AvgIpc) is 2.45. The highest BCUT2D eigenvalue weighted by molar-refractivity contribution is 5.77. The molecule has 3 N–H and O–H groups in total. The molecular formula is C13H21N3O4. The summed E-state index contributed by atoms with van der Waals surface area (Å²) in [5.41, 5.74) is 5.24. The summed E-state index contributed by atoms with van der Waals surface area (Å²) in [6.07, 6.45) is 1.64. The Morgan fingerprint density at radius 1 is 1.55 bits per heavy atom. The van der Waals surface area contributed by atoms with Gasteiger partial charge in [-0.1, -0.05) is 0 Å². The monoisotopic (exact) mass is 283 g/mol. The van der Waals surface area contributed by atoms with Crippen LogP contribution in [-0.4, -0.2) is 43.9 Å². The van der Waals surface area contributed by atoms with Gasteiger partial charge in [0.15, 0.2) is 12.4 Å². The van der Waals surface area contributed by atoms with Crippen LogP contribution in [0.25, 0.3) is 0 Å². The lowest BCUT2D eigenvalue weighted by molar-refractivity contribution is -0.123. The first-order chi connectivity index (χ1) is 9.60. The predicted octanol–water partition coefficient (Wildman–Crippen LogP) is -0.491. The molecule has 0 spiro atoms. The van der Waals surface area contributed by atoms with E-state index in [2.05, 4.69) is 5.32 Å². The van der Waals surface area contributed by atoms with Gasteiger partial charge < -0.3 is 25.1 Å². The van der Waals surface area contributed by atoms with Gasteiger partial charge in [-0.3, -0.25) is 9.59 Å². The first-order valence-electron chi connectivity index (χ1n) is 6.39. The van der Waals surface area contributed by atoms with Crippen LogP contribution in [0.5, 0.6) is 5.75 Å². The molecule has 0 aliphatic carbocycles. The number of ether oxygens (including phenoxy) is 2. The van der Waals surface area contributed by atoms with Crippen molar-refractivity contribution < 1.29 is 14.3 Å². The van der Waals surface area contributed by atoms with Gasteiger partial charge in [-0.2, -0.15) is 0 Å². The maximum atomic E-state index is 12.1. The number of hydrogen-bond acceptors (Lipinski definition) is 5. The predicted molar refractivity (Wildman–Crippen MR) is 74.8 cm³/mol. The Kier molecular flexibility index (Phi) is 6.75. The second-order valence-electron chi connectivity index (χ2n) is 4.30. The molecule has 1 aromatic rings. The molecule has 0 aliphatic heterocycles. The number of amides is 1. The molecule has 112 valence electrons. The molecule has 0 aromatic carbocycles. The minimum absolute atomic E-state index is 0.124. The zero-order valence-corrected chi connectivity index (χ0v) is 11.8. The molecular weight excluding hydrogens is 262 g/mol.